The quantitative estimate of drug-likeness (QED) is 0.577. The number of hydrogen-bond acceptors (Lipinski definition) is 1. The first-order chi connectivity index (χ1) is 8.18. The summed E-state index contributed by atoms with van der Waals surface area (Å²) < 4.78 is 1.81. The number of carbonyl (C=O) groups excluding carboxylic acids is 1. The maximum absolute atomic E-state index is 12.3. The Morgan fingerprint density at radius 3 is 2.28 bits per heavy atom. The second-order valence-corrected chi connectivity index (χ2v) is 7.67. The summed E-state index contributed by atoms with van der Waals surface area (Å²) in [4.78, 5) is 12.3. The first kappa shape index (κ1) is 16.9. The van der Waals surface area contributed by atoms with Crippen molar-refractivity contribution in [2.45, 2.75) is 37.8 Å². The Kier molecular flexibility index (Phi) is 7.74. The number of rotatable bonds is 3. The van der Waals surface area contributed by atoms with Gasteiger partial charge in [-0.1, -0.05) is 25.3 Å². The van der Waals surface area contributed by atoms with Crippen molar-refractivity contribution < 1.29 is 25.1 Å². The summed E-state index contributed by atoms with van der Waals surface area (Å²) in [6.45, 7) is 0. The minimum absolute atomic E-state index is 0. The van der Waals surface area contributed by atoms with Crippen LogP contribution in [0, 0.1) is 0 Å². The van der Waals surface area contributed by atoms with Gasteiger partial charge in [0.05, 0.1) is 5.56 Å². The molecule has 1 aromatic rings. The molecule has 0 radical (unpaired) electrons. The van der Waals surface area contributed by atoms with Gasteiger partial charge >= 0.3 is 18.9 Å². The molecule has 1 fully saturated rings. The van der Waals surface area contributed by atoms with Gasteiger partial charge in [-0.05, 0) is 71.1 Å². The maximum Gasteiger partial charge on any atom is 1.00 e. The molecule has 0 bridgehead atoms. The molecule has 0 aliphatic heterocycles. The molecule has 1 aromatic carbocycles. The Morgan fingerprint density at radius 2 is 1.72 bits per heavy atom. The first-order valence-electron chi connectivity index (χ1n) is 5.93. The third-order valence-electron chi connectivity index (χ3n) is 3.13. The van der Waals surface area contributed by atoms with Crippen LogP contribution in [0.2, 0.25) is 0 Å². The predicted molar refractivity (Wildman–Crippen MR) is 82.5 cm³/mol. The zero-order valence-corrected chi connectivity index (χ0v) is 14.7. The van der Waals surface area contributed by atoms with Crippen LogP contribution in [0.1, 0.15) is 43.9 Å². The zero-order valence-electron chi connectivity index (χ0n) is 11.5. The molecule has 0 N–H and O–H groups in total. The van der Waals surface area contributed by atoms with Gasteiger partial charge in [-0.15, -0.1) is 0 Å². The van der Waals surface area contributed by atoms with Gasteiger partial charge in [-0.25, -0.2) is 0 Å². The van der Waals surface area contributed by atoms with E-state index in [1.54, 1.807) is 0 Å². The Balaban J connectivity index is 0.00000162. The third kappa shape index (κ3) is 4.46. The Bertz CT molecular complexity index is 405. The van der Waals surface area contributed by atoms with E-state index >= 15 is 0 Å². The summed E-state index contributed by atoms with van der Waals surface area (Å²) in [7, 11) is 0.427. The smallest absolute Gasteiger partial charge is 1.00 e. The summed E-state index contributed by atoms with van der Waals surface area (Å²) >= 11 is 6.93. The SMILES string of the molecule is O=C(PC1CCCCC1)c1c(Br)cccc1Br.[H-].[Li+]. The van der Waals surface area contributed by atoms with Gasteiger partial charge in [0.1, 0.15) is 0 Å². The largest absolute Gasteiger partial charge is 1.00 e. The van der Waals surface area contributed by atoms with Crippen molar-refractivity contribution in [3.8, 4) is 0 Å². The molecule has 2 rings (SSSR count). The van der Waals surface area contributed by atoms with Gasteiger partial charge < -0.3 is 1.43 Å². The second-order valence-electron chi connectivity index (χ2n) is 4.41. The fourth-order valence-corrected chi connectivity index (χ4v) is 5.43. The Hall–Kier alpha value is 0.877. The Morgan fingerprint density at radius 1 is 1.17 bits per heavy atom. The van der Waals surface area contributed by atoms with Crippen molar-refractivity contribution in [3.63, 3.8) is 0 Å². The fourth-order valence-electron chi connectivity index (χ4n) is 2.22. The molecule has 1 unspecified atom stereocenters. The molecular weight excluding hydrogens is 370 g/mol. The number of benzene rings is 1. The van der Waals surface area contributed by atoms with Crippen molar-refractivity contribution in [1.82, 2.24) is 0 Å². The molecule has 94 valence electrons. The van der Waals surface area contributed by atoms with Crippen LogP contribution in [0.25, 0.3) is 0 Å². The third-order valence-corrected chi connectivity index (χ3v) is 5.95. The van der Waals surface area contributed by atoms with Crippen LogP contribution < -0.4 is 18.9 Å². The van der Waals surface area contributed by atoms with E-state index in [1.807, 2.05) is 18.2 Å². The van der Waals surface area contributed by atoms with E-state index in [0.29, 0.717) is 14.2 Å². The average Bonchev–Trinajstić information content (AvgIpc) is 2.30. The van der Waals surface area contributed by atoms with Gasteiger partial charge in [0.15, 0.2) is 5.52 Å². The molecule has 0 heterocycles. The Labute approximate surface area is 141 Å². The first-order valence-corrected chi connectivity index (χ1v) is 8.59. The standard InChI is InChI=1S/C13H15Br2OP.Li.H/c14-10-7-4-8-11(15)12(10)13(16)17-9-5-2-1-3-6-9;;/h4,7-9,17H,1-3,5-6H2;;/q;+1;-1. The summed E-state index contributed by atoms with van der Waals surface area (Å²) in [5.41, 5.74) is 1.72. The summed E-state index contributed by atoms with van der Waals surface area (Å²) in [6, 6.07) is 5.81. The summed E-state index contributed by atoms with van der Waals surface area (Å²) in [6.07, 6.45) is 6.39. The fraction of sp³-hybridized carbons (Fsp3) is 0.462. The van der Waals surface area contributed by atoms with E-state index < -0.39 is 0 Å². The number of carbonyl (C=O) groups is 1. The molecule has 1 atom stereocenters. The van der Waals surface area contributed by atoms with Gasteiger partial charge in [-0.3, -0.25) is 4.79 Å². The van der Waals surface area contributed by atoms with E-state index in [-0.39, 0.29) is 25.8 Å². The van der Waals surface area contributed by atoms with Crippen LogP contribution in [-0.2, 0) is 0 Å². The molecule has 1 saturated carbocycles. The summed E-state index contributed by atoms with van der Waals surface area (Å²) in [5.74, 6) is 0. The molecule has 1 aliphatic carbocycles. The molecule has 1 nitrogen and oxygen atoms in total. The second kappa shape index (κ2) is 8.23. The molecule has 5 heteroatoms. The van der Waals surface area contributed by atoms with E-state index in [9.17, 15) is 4.79 Å². The molecule has 0 amide bonds. The molecule has 1 aliphatic rings. The van der Waals surface area contributed by atoms with E-state index in [4.69, 9.17) is 0 Å². The minimum Gasteiger partial charge on any atom is -1.00 e. The van der Waals surface area contributed by atoms with Crippen LogP contribution in [0.15, 0.2) is 27.1 Å². The van der Waals surface area contributed by atoms with E-state index in [0.717, 1.165) is 14.5 Å². The number of halogens is 2. The topological polar surface area (TPSA) is 17.1 Å². The maximum atomic E-state index is 12.3. The van der Waals surface area contributed by atoms with Gasteiger partial charge in [0, 0.05) is 8.95 Å². The van der Waals surface area contributed by atoms with Gasteiger partial charge in [0.2, 0.25) is 0 Å². The van der Waals surface area contributed by atoms with Crippen LogP contribution in [0.4, 0.5) is 0 Å². The summed E-state index contributed by atoms with van der Waals surface area (Å²) in [5, 5.41) is 0. The van der Waals surface area contributed by atoms with Crippen LogP contribution in [0.3, 0.4) is 0 Å². The van der Waals surface area contributed by atoms with Crippen molar-refractivity contribution in [2.75, 3.05) is 0 Å². The van der Waals surface area contributed by atoms with Crippen LogP contribution >= 0.6 is 40.4 Å². The van der Waals surface area contributed by atoms with Crippen LogP contribution in [-0.4, -0.2) is 11.2 Å². The van der Waals surface area contributed by atoms with E-state index in [1.165, 1.54) is 32.1 Å². The van der Waals surface area contributed by atoms with E-state index in [2.05, 4.69) is 31.9 Å². The van der Waals surface area contributed by atoms with Crippen molar-refractivity contribution >= 4 is 46.0 Å². The van der Waals surface area contributed by atoms with Crippen molar-refractivity contribution in [1.29, 1.82) is 0 Å². The predicted octanol–water partition coefficient (Wildman–Crippen LogP) is 2.48. The number of hydrogen-bond donors (Lipinski definition) is 0. The van der Waals surface area contributed by atoms with Gasteiger partial charge in [-0.2, -0.15) is 0 Å². The average molecular weight is 386 g/mol. The van der Waals surface area contributed by atoms with Crippen molar-refractivity contribution in [3.05, 3.63) is 32.7 Å². The minimum atomic E-state index is 0. The monoisotopic (exact) mass is 384 g/mol. The molecule has 18 heavy (non-hydrogen) atoms. The zero-order chi connectivity index (χ0) is 12.3. The normalized spacial score (nSPS) is 16.8. The van der Waals surface area contributed by atoms with Crippen LogP contribution in [0.5, 0.6) is 0 Å². The molecular formula is C13H16Br2LiOP. The van der Waals surface area contributed by atoms with Crippen molar-refractivity contribution in [2.24, 2.45) is 0 Å². The van der Waals surface area contributed by atoms with Gasteiger partial charge in [0.25, 0.3) is 0 Å². The molecule has 0 spiro atoms. The molecule has 0 saturated heterocycles. The molecule has 0 aromatic heterocycles.